The number of aromatic nitrogens is 2. The van der Waals surface area contributed by atoms with Gasteiger partial charge in [-0.05, 0) is 58.6 Å². The lowest BCUT2D eigenvalue weighted by Gasteiger charge is -2.28. The minimum Gasteiger partial charge on any atom is -0.478 e. The first kappa shape index (κ1) is 20.8. The molecule has 0 aliphatic carbocycles. The highest BCUT2D eigenvalue weighted by atomic mass is 16.6. The van der Waals surface area contributed by atoms with Crippen molar-refractivity contribution in [1.29, 1.82) is 0 Å². The molecule has 1 N–H and O–H groups in total. The third-order valence-electron chi connectivity index (χ3n) is 4.87. The van der Waals surface area contributed by atoms with Gasteiger partial charge in [0.25, 0.3) is 0 Å². The van der Waals surface area contributed by atoms with Gasteiger partial charge in [0, 0.05) is 24.3 Å². The van der Waals surface area contributed by atoms with Crippen molar-refractivity contribution in [3.63, 3.8) is 0 Å². The number of aryl methyl sites for hydroxylation is 1. The zero-order chi connectivity index (χ0) is 21.0. The van der Waals surface area contributed by atoms with Crippen LogP contribution in [0, 0.1) is 0 Å². The second-order valence-corrected chi connectivity index (χ2v) is 8.28. The first-order chi connectivity index (χ1) is 13.7. The number of carbonyl (C=O) groups excluding carboxylic acids is 1. The van der Waals surface area contributed by atoms with Gasteiger partial charge in [-0.2, -0.15) is 0 Å². The van der Waals surface area contributed by atoms with Gasteiger partial charge in [-0.15, -0.1) is 0 Å². The molecular weight excluding hydrogens is 370 g/mol. The number of hydrogen-bond donors (Lipinski definition) is 1. The molecule has 1 unspecified atom stereocenters. The first-order valence-electron chi connectivity index (χ1n) is 9.87. The molecule has 1 aromatic carbocycles. The molecule has 2 aromatic rings. The number of ether oxygens (including phenoxy) is 1. The van der Waals surface area contributed by atoms with Crippen molar-refractivity contribution in [2.24, 2.45) is 0 Å². The van der Waals surface area contributed by atoms with E-state index in [9.17, 15) is 9.59 Å². The molecule has 7 heteroatoms. The molecule has 1 fully saturated rings. The molecule has 1 atom stereocenters. The van der Waals surface area contributed by atoms with Gasteiger partial charge in [-0.3, -0.25) is 9.97 Å². The lowest BCUT2D eigenvalue weighted by atomic mass is 10.1. The molecule has 1 amide bonds. The van der Waals surface area contributed by atoms with Crippen molar-refractivity contribution in [2.75, 3.05) is 6.54 Å². The highest BCUT2D eigenvalue weighted by Gasteiger charge is 2.31. The van der Waals surface area contributed by atoms with Crippen LogP contribution in [0.15, 0.2) is 36.7 Å². The maximum Gasteiger partial charge on any atom is 0.410 e. The zero-order valence-corrected chi connectivity index (χ0v) is 17.1. The molecule has 154 valence electrons. The van der Waals surface area contributed by atoms with Gasteiger partial charge in [0.15, 0.2) is 0 Å². The highest BCUT2D eigenvalue weighted by molar-refractivity contribution is 5.88. The van der Waals surface area contributed by atoms with E-state index in [1.165, 1.54) is 0 Å². The molecule has 1 aliphatic heterocycles. The van der Waals surface area contributed by atoms with E-state index in [2.05, 4.69) is 9.97 Å². The van der Waals surface area contributed by atoms with Gasteiger partial charge in [0.2, 0.25) is 0 Å². The molecule has 1 saturated heterocycles. The Morgan fingerprint density at radius 3 is 2.48 bits per heavy atom. The predicted molar refractivity (Wildman–Crippen MR) is 109 cm³/mol. The number of amides is 1. The van der Waals surface area contributed by atoms with Crippen molar-refractivity contribution < 1.29 is 19.4 Å². The summed E-state index contributed by atoms with van der Waals surface area (Å²) in [5, 5.41) is 8.98. The summed E-state index contributed by atoms with van der Waals surface area (Å²) in [6.45, 7) is 6.36. The van der Waals surface area contributed by atoms with Crippen LogP contribution in [0.2, 0.25) is 0 Å². The Balaban J connectivity index is 1.58. The molecule has 29 heavy (non-hydrogen) atoms. The van der Waals surface area contributed by atoms with Gasteiger partial charge in [0.1, 0.15) is 5.60 Å². The van der Waals surface area contributed by atoms with Crippen LogP contribution in [0.1, 0.15) is 56.1 Å². The van der Waals surface area contributed by atoms with E-state index in [1.807, 2.05) is 25.7 Å². The lowest BCUT2D eigenvalue weighted by Crippen LogP contribution is -2.40. The summed E-state index contributed by atoms with van der Waals surface area (Å²) in [6, 6.07) is 6.72. The highest BCUT2D eigenvalue weighted by Crippen LogP contribution is 2.24. The van der Waals surface area contributed by atoms with Crippen LogP contribution >= 0.6 is 0 Å². The Labute approximate surface area is 170 Å². The molecule has 0 bridgehead atoms. The van der Waals surface area contributed by atoms with Gasteiger partial charge in [0.05, 0.1) is 23.1 Å². The minimum atomic E-state index is -0.953. The van der Waals surface area contributed by atoms with Gasteiger partial charge >= 0.3 is 12.1 Å². The Bertz CT molecular complexity index is 857. The fourth-order valence-electron chi connectivity index (χ4n) is 3.43. The Kier molecular flexibility index (Phi) is 6.15. The quantitative estimate of drug-likeness (QED) is 0.814. The zero-order valence-electron chi connectivity index (χ0n) is 17.1. The third kappa shape index (κ3) is 5.53. The standard InChI is InChI=1S/C22H27N3O4/c1-22(2,3)29-21(28)25-12-4-5-18(25)11-10-17-13-24-19(14-23-17)15-6-8-16(9-7-15)20(26)27/h6-9,13-14,18H,4-5,10-12H2,1-3H3,(H,26,27). The molecule has 2 heterocycles. The second-order valence-electron chi connectivity index (χ2n) is 8.28. The van der Waals surface area contributed by atoms with Gasteiger partial charge in [-0.25, -0.2) is 9.59 Å². The van der Waals surface area contributed by atoms with E-state index < -0.39 is 11.6 Å². The summed E-state index contributed by atoms with van der Waals surface area (Å²) in [5.74, 6) is -0.953. The van der Waals surface area contributed by atoms with Crippen molar-refractivity contribution in [2.45, 2.75) is 58.1 Å². The molecule has 0 saturated carbocycles. The van der Waals surface area contributed by atoms with E-state index >= 15 is 0 Å². The largest absolute Gasteiger partial charge is 0.478 e. The summed E-state index contributed by atoms with van der Waals surface area (Å²) in [6.07, 6.45) is 6.71. The number of benzene rings is 1. The summed E-state index contributed by atoms with van der Waals surface area (Å²) in [5.41, 5.74) is 2.13. The lowest BCUT2D eigenvalue weighted by molar-refractivity contribution is 0.0220. The number of hydrogen-bond acceptors (Lipinski definition) is 5. The Morgan fingerprint density at radius 2 is 1.90 bits per heavy atom. The van der Waals surface area contributed by atoms with E-state index in [1.54, 1.807) is 36.7 Å². The summed E-state index contributed by atoms with van der Waals surface area (Å²) in [7, 11) is 0. The fraction of sp³-hybridized carbons (Fsp3) is 0.455. The number of aromatic carboxylic acids is 1. The van der Waals surface area contributed by atoms with Crippen molar-refractivity contribution in [3.8, 4) is 11.3 Å². The number of carboxylic acid groups (broad SMARTS) is 1. The first-order valence-corrected chi connectivity index (χ1v) is 9.87. The van der Waals surface area contributed by atoms with E-state index in [0.717, 1.165) is 43.5 Å². The van der Waals surface area contributed by atoms with Gasteiger partial charge < -0.3 is 14.7 Å². The van der Waals surface area contributed by atoms with E-state index in [4.69, 9.17) is 9.84 Å². The van der Waals surface area contributed by atoms with E-state index in [0.29, 0.717) is 5.69 Å². The van der Waals surface area contributed by atoms with E-state index in [-0.39, 0.29) is 17.7 Å². The van der Waals surface area contributed by atoms with Crippen molar-refractivity contribution in [3.05, 3.63) is 47.9 Å². The molecular formula is C22H27N3O4. The average Bonchev–Trinajstić information content (AvgIpc) is 3.14. The van der Waals surface area contributed by atoms with Crippen molar-refractivity contribution >= 4 is 12.1 Å². The van der Waals surface area contributed by atoms with Crippen LogP contribution in [-0.4, -0.2) is 50.2 Å². The molecule has 0 radical (unpaired) electrons. The summed E-state index contributed by atoms with van der Waals surface area (Å²) < 4.78 is 5.51. The topological polar surface area (TPSA) is 92.6 Å². The number of nitrogens with zero attached hydrogens (tertiary/aromatic N) is 3. The van der Waals surface area contributed by atoms with Crippen LogP contribution in [-0.2, 0) is 11.2 Å². The SMILES string of the molecule is CC(C)(C)OC(=O)N1CCCC1CCc1cnc(-c2ccc(C(=O)O)cc2)cn1. The van der Waals surface area contributed by atoms with Crippen molar-refractivity contribution in [1.82, 2.24) is 14.9 Å². The Morgan fingerprint density at radius 1 is 1.17 bits per heavy atom. The van der Waals surface area contributed by atoms with Crippen LogP contribution in [0.5, 0.6) is 0 Å². The number of carboxylic acids is 1. The monoisotopic (exact) mass is 397 g/mol. The van der Waals surface area contributed by atoms with Crippen LogP contribution in [0.4, 0.5) is 4.79 Å². The molecule has 1 aromatic heterocycles. The van der Waals surface area contributed by atoms with Crippen LogP contribution in [0.3, 0.4) is 0 Å². The average molecular weight is 397 g/mol. The minimum absolute atomic E-state index is 0.162. The second kappa shape index (κ2) is 8.59. The number of rotatable bonds is 5. The number of carbonyl (C=O) groups is 2. The molecule has 1 aliphatic rings. The van der Waals surface area contributed by atoms with Crippen LogP contribution < -0.4 is 0 Å². The smallest absolute Gasteiger partial charge is 0.410 e. The van der Waals surface area contributed by atoms with Gasteiger partial charge in [-0.1, -0.05) is 12.1 Å². The fourth-order valence-corrected chi connectivity index (χ4v) is 3.43. The maximum atomic E-state index is 12.4. The molecule has 7 nitrogen and oxygen atoms in total. The normalized spacial score (nSPS) is 16.7. The predicted octanol–water partition coefficient (Wildman–Crippen LogP) is 4.17. The molecule has 3 rings (SSSR count). The number of likely N-dealkylation sites (tertiary alicyclic amines) is 1. The van der Waals surface area contributed by atoms with Crippen LogP contribution in [0.25, 0.3) is 11.3 Å². The Hall–Kier alpha value is -2.96. The molecule has 0 spiro atoms. The third-order valence-corrected chi connectivity index (χ3v) is 4.87. The summed E-state index contributed by atoms with van der Waals surface area (Å²) in [4.78, 5) is 34.1. The maximum absolute atomic E-state index is 12.4. The summed E-state index contributed by atoms with van der Waals surface area (Å²) >= 11 is 0.